The largest absolute Gasteiger partial charge is 0.307 e. The summed E-state index contributed by atoms with van der Waals surface area (Å²) in [5, 5.41) is 6.12. The molecule has 72 heavy (non-hydrogen) atoms. The van der Waals surface area contributed by atoms with Gasteiger partial charge in [0.25, 0.3) is 0 Å². The highest BCUT2D eigenvalue weighted by Gasteiger charge is 2.27. The van der Waals surface area contributed by atoms with Crippen molar-refractivity contribution in [2.45, 2.75) is 27.7 Å². The number of hydrogen-bond acceptors (Lipinski definition) is 2. The molecule has 12 aromatic rings. The van der Waals surface area contributed by atoms with Crippen LogP contribution in [-0.4, -0.2) is 0 Å². The van der Waals surface area contributed by atoms with Gasteiger partial charge in [0.2, 0.25) is 0 Å². The first-order chi connectivity index (χ1) is 35.2. The van der Waals surface area contributed by atoms with Crippen LogP contribution < -0.4 is 9.80 Å². The van der Waals surface area contributed by atoms with Crippen LogP contribution >= 0.6 is 0 Å². The minimum atomic E-state index is -0.335. The van der Waals surface area contributed by atoms with Crippen molar-refractivity contribution in [3.63, 3.8) is 0 Å². The average molecular weight is 933 g/mol. The van der Waals surface area contributed by atoms with Crippen molar-refractivity contribution in [1.82, 2.24) is 0 Å². The molecule has 0 atom stereocenters. The molecule has 0 radical (unpaired) electrons. The summed E-state index contributed by atoms with van der Waals surface area (Å²) < 4.78 is 35.1. The van der Waals surface area contributed by atoms with E-state index in [9.17, 15) is 0 Å². The van der Waals surface area contributed by atoms with E-state index >= 15 is 8.78 Å². The topological polar surface area (TPSA) is 6.48 Å². The fraction of sp³-hybridized carbons (Fsp3) is 0.0588. The van der Waals surface area contributed by atoms with Crippen LogP contribution in [0.5, 0.6) is 0 Å². The molecular formula is C68H50F2N2. The van der Waals surface area contributed by atoms with Gasteiger partial charge in [-0.2, -0.15) is 0 Å². The van der Waals surface area contributed by atoms with E-state index in [4.69, 9.17) is 0 Å². The van der Waals surface area contributed by atoms with E-state index in [1.165, 1.54) is 0 Å². The van der Waals surface area contributed by atoms with Gasteiger partial charge >= 0.3 is 0 Å². The van der Waals surface area contributed by atoms with Crippen LogP contribution in [0.15, 0.2) is 231 Å². The van der Waals surface area contributed by atoms with Gasteiger partial charge in [0.05, 0.1) is 22.7 Å². The van der Waals surface area contributed by atoms with Gasteiger partial charge in [0.1, 0.15) is 11.6 Å². The Hall–Kier alpha value is -8.86. The normalized spacial score (nSPS) is 11.5. The maximum atomic E-state index is 17.5. The van der Waals surface area contributed by atoms with E-state index in [1.807, 2.05) is 84.9 Å². The summed E-state index contributed by atoms with van der Waals surface area (Å²) in [7, 11) is 0. The zero-order valence-electron chi connectivity index (χ0n) is 40.6. The second kappa shape index (κ2) is 18.1. The summed E-state index contributed by atoms with van der Waals surface area (Å²) >= 11 is 0. The van der Waals surface area contributed by atoms with Gasteiger partial charge in [-0.25, -0.2) is 8.78 Å². The Morgan fingerprint density at radius 1 is 0.278 bits per heavy atom. The third-order valence-corrected chi connectivity index (χ3v) is 14.1. The number of para-hydroxylation sites is 2. The standard InChI is InChI=1S/C68H50F2N2/c1-43-15-11-19-49(35-43)57-39-61(69)65(41-59(57)51-21-13-17-45(3)37-51)71(53-23-7-5-8-24-53)63-33-29-47-28-32-56-64(34-30-48-27-31-55(63)67(47)68(48)56)72(54-25-9-6-10-26-54)66-42-60(52-22-14-18-46(4)38-52)58(40-62(66)70)50-20-12-16-44(2)36-50/h5-42H,1-4H3. The molecule has 0 bridgehead atoms. The van der Waals surface area contributed by atoms with Crippen LogP contribution in [0, 0.1) is 39.3 Å². The van der Waals surface area contributed by atoms with Crippen molar-refractivity contribution >= 4 is 66.4 Å². The Kier molecular flexibility index (Phi) is 11.2. The molecule has 0 aliphatic rings. The quantitative estimate of drug-likeness (QED) is 0.126. The van der Waals surface area contributed by atoms with Gasteiger partial charge in [0, 0.05) is 22.1 Å². The molecule has 0 aromatic heterocycles. The molecule has 12 aromatic carbocycles. The highest BCUT2D eigenvalue weighted by molar-refractivity contribution is 6.28. The highest BCUT2D eigenvalue weighted by Crippen LogP contribution is 2.50. The first-order valence-electron chi connectivity index (χ1n) is 24.5. The Balaban J connectivity index is 1.09. The van der Waals surface area contributed by atoms with Gasteiger partial charge in [-0.1, -0.05) is 192 Å². The molecule has 0 aliphatic carbocycles. The van der Waals surface area contributed by atoms with Gasteiger partial charge in [-0.3, -0.25) is 0 Å². The van der Waals surface area contributed by atoms with Crippen LogP contribution in [-0.2, 0) is 0 Å². The van der Waals surface area contributed by atoms with Crippen LogP contribution in [0.3, 0.4) is 0 Å². The zero-order chi connectivity index (χ0) is 49.0. The minimum absolute atomic E-state index is 0.335. The minimum Gasteiger partial charge on any atom is -0.307 e. The molecule has 346 valence electrons. The number of anilines is 6. The lowest BCUT2D eigenvalue weighted by Crippen LogP contribution is -2.13. The van der Waals surface area contributed by atoms with Gasteiger partial charge in [0.15, 0.2) is 0 Å². The van der Waals surface area contributed by atoms with E-state index in [2.05, 4.69) is 171 Å². The molecule has 0 N–H and O–H groups in total. The number of aryl methyl sites for hydroxylation is 4. The van der Waals surface area contributed by atoms with Crippen molar-refractivity contribution < 1.29 is 8.78 Å². The SMILES string of the molecule is Cc1cccc(-c2cc(F)c(N(c3ccccc3)c3ccc4ccc5c(N(c6ccccc6)c6cc(-c7cccc(C)c7)c(-c7cccc(C)c7)cc6F)ccc6ccc3c4c65)cc2-c2cccc(C)c2)c1. The summed E-state index contributed by atoms with van der Waals surface area (Å²) in [6.45, 7) is 8.32. The average Bonchev–Trinajstić information content (AvgIpc) is 3.40. The van der Waals surface area contributed by atoms with Gasteiger partial charge in [-0.05, 0) is 154 Å². The van der Waals surface area contributed by atoms with E-state index in [1.54, 1.807) is 12.1 Å². The monoisotopic (exact) mass is 932 g/mol. The Bertz CT molecular complexity index is 3750. The van der Waals surface area contributed by atoms with E-state index in [0.717, 1.165) is 122 Å². The first kappa shape index (κ1) is 44.4. The van der Waals surface area contributed by atoms with Gasteiger partial charge in [-0.15, -0.1) is 0 Å². The van der Waals surface area contributed by atoms with Crippen molar-refractivity contribution in [2.75, 3.05) is 9.80 Å². The van der Waals surface area contributed by atoms with Crippen LogP contribution in [0.4, 0.5) is 42.9 Å². The molecule has 0 fully saturated rings. The van der Waals surface area contributed by atoms with Crippen molar-refractivity contribution in [3.05, 3.63) is 264 Å². The summed E-state index contributed by atoms with van der Waals surface area (Å²) in [6, 6.07) is 78.2. The summed E-state index contributed by atoms with van der Waals surface area (Å²) in [6.07, 6.45) is 0. The second-order valence-corrected chi connectivity index (χ2v) is 19.1. The summed E-state index contributed by atoms with van der Waals surface area (Å²) in [5.74, 6) is -0.669. The molecule has 4 heteroatoms. The Morgan fingerprint density at radius 3 is 0.931 bits per heavy atom. The van der Waals surface area contributed by atoms with E-state index in [0.29, 0.717) is 11.4 Å². The number of hydrogen-bond donors (Lipinski definition) is 0. The summed E-state index contributed by atoms with van der Waals surface area (Å²) in [4.78, 5) is 4.13. The van der Waals surface area contributed by atoms with Crippen LogP contribution in [0.25, 0.3) is 76.8 Å². The third-order valence-electron chi connectivity index (χ3n) is 14.1. The lowest BCUT2D eigenvalue weighted by Gasteiger charge is -2.30. The fourth-order valence-electron chi connectivity index (χ4n) is 10.8. The first-order valence-corrected chi connectivity index (χ1v) is 24.5. The Morgan fingerprint density at radius 2 is 0.597 bits per heavy atom. The fourth-order valence-corrected chi connectivity index (χ4v) is 10.8. The van der Waals surface area contributed by atoms with Crippen LogP contribution in [0.1, 0.15) is 22.3 Å². The lowest BCUT2D eigenvalue weighted by molar-refractivity contribution is 0.629. The predicted octanol–water partition coefficient (Wildman–Crippen LogP) is 19.7. The van der Waals surface area contributed by atoms with E-state index < -0.39 is 0 Å². The Labute approximate surface area is 419 Å². The maximum Gasteiger partial charge on any atom is 0.147 e. The molecule has 0 heterocycles. The second-order valence-electron chi connectivity index (χ2n) is 19.1. The van der Waals surface area contributed by atoms with Crippen molar-refractivity contribution in [2.24, 2.45) is 0 Å². The lowest BCUT2D eigenvalue weighted by atomic mass is 9.90. The molecule has 0 amide bonds. The molecular weight excluding hydrogens is 883 g/mol. The summed E-state index contributed by atoms with van der Waals surface area (Å²) in [5.41, 5.74) is 16.2. The molecule has 0 spiro atoms. The highest BCUT2D eigenvalue weighted by atomic mass is 19.1. The molecule has 0 aliphatic heterocycles. The number of benzene rings is 12. The molecule has 12 rings (SSSR count). The van der Waals surface area contributed by atoms with Crippen LogP contribution in [0.2, 0.25) is 0 Å². The van der Waals surface area contributed by atoms with Gasteiger partial charge < -0.3 is 9.80 Å². The zero-order valence-corrected chi connectivity index (χ0v) is 40.6. The molecule has 2 nitrogen and oxygen atoms in total. The van der Waals surface area contributed by atoms with Crippen molar-refractivity contribution in [1.29, 1.82) is 0 Å². The third kappa shape index (κ3) is 7.92. The molecule has 0 saturated heterocycles. The molecule has 0 unspecified atom stereocenters. The number of halogens is 2. The number of nitrogens with zero attached hydrogens (tertiary/aromatic N) is 2. The smallest absolute Gasteiger partial charge is 0.147 e. The maximum absolute atomic E-state index is 17.5. The number of rotatable bonds is 10. The molecule has 0 saturated carbocycles. The van der Waals surface area contributed by atoms with Crippen molar-refractivity contribution in [3.8, 4) is 44.5 Å². The van der Waals surface area contributed by atoms with E-state index in [-0.39, 0.29) is 11.6 Å². The predicted molar refractivity (Wildman–Crippen MR) is 300 cm³/mol.